The summed E-state index contributed by atoms with van der Waals surface area (Å²) in [6, 6.07) is 4.78. The monoisotopic (exact) mass is 223 g/mol. The second-order valence-corrected chi connectivity index (χ2v) is 4.46. The Kier molecular flexibility index (Phi) is 3.44. The average molecular weight is 223 g/mol. The van der Waals surface area contributed by atoms with Crippen LogP contribution in [0.1, 0.15) is 31.4 Å². The summed E-state index contributed by atoms with van der Waals surface area (Å²) in [7, 11) is 1.62. The third kappa shape index (κ3) is 2.73. The van der Waals surface area contributed by atoms with Crippen molar-refractivity contribution in [2.45, 2.75) is 25.8 Å². The smallest absolute Gasteiger partial charge is 0.123 e. The number of hydrogen-bond donors (Lipinski definition) is 1. The molecule has 1 aromatic carbocycles. The van der Waals surface area contributed by atoms with Crippen molar-refractivity contribution < 1.29 is 9.13 Å². The maximum Gasteiger partial charge on any atom is 0.123 e. The van der Waals surface area contributed by atoms with Gasteiger partial charge in [0.25, 0.3) is 0 Å². The summed E-state index contributed by atoms with van der Waals surface area (Å²) >= 11 is 0. The molecule has 0 spiro atoms. The van der Waals surface area contributed by atoms with E-state index < -0.39 is 0 Å². The molecule has 2 nitrogen and oxygen atoms in total. The van der Waals surface area contributed by atoms with Crippen molar-refractivity contribution in [1.82, 2.24) is 5.32 Å². The van der Waals surface area contributed by atoms with Gasteiger partial charge >= 0.3 is 0 Å². The molecular weight excluding hydrogens is 205 g/mol. The molecule has 0 saturated heterocycles. The lowest BCUT2D eigenvalue weighted by Crippen LogP contribution is -2.21. The molecule has 16 heavy (non-hydrogen) atoms. The van der Waals surface area contributed by atoms with Crippen LogP contribution >= 0.6 is 0 Å². The molecule has 2 rings (SSSR count). The topological polar surface area (TPSA) is 21.3 Å². The van der Waals surface area contributed by atoms with E-state index in [2.05, 4.69) is 5.32 Å². The van der Waals surface area contributed by atoms with Crippen molar-refractivity contribution in [2.24, 2.45) is 5.92 Å². The Morgan fingerprint density at radius 1 is 1.50 bits per heavy atom. The zero-order valence-corrected chi connectivity index (χ0v) is 9.79. The summed E-state index contributed by atoms with van der Waals surface area (Å²) in [5, 5.41) is 3.42. The summed E-state index contributed by atoms with van der Waals surface area (Å²) in [6.45, 7) is 3.06. The van der Waals surface area contributed by atoms with E-state index in [-0.39, 0.29) is 11.9 Å². The van der Waals surface area contributed by atoms with E-state index in [4.69, 9.17) is 4.74 Å². The van der Waals surface area contributed by atoms with Gasteiger partial charge in [-0.25, -0.2) is 4.39 Å². The summed E-state index contributed by atoms with van der Waals surface area (Å²) in [4.78, 5) is 0. The van der Waals surface area contributed by atoms with Crippen LogP contribution in [0, 0.1) is 11.7 Å². The van der Waals surface area contributed by atoms with Crippen LogP contribution in [0.4, 0.5) is 4.39 Å². The molecule has 0 aliphatic heterocycles. The molecule has 1 aliphatic rings. The summed E-state index contributed by atoms with van der Waals surface area (Å²) < 4.78 is 18.4. The van der Waals surface area contributed by atoms with Crippen LogP contribution < -0.4 is 10.1 Å². The first kappa shape index (κ1) is 11.4. The van der Waals surface area contributed by atoms with Gasteiger partial charge in [-0.3, -0.25) is 0 Å². The Bertz CT molecular complexity index is 363. The lowest BCUT2D eigenvalue weighted by molar-refractivity contribution is 0.399. The van der Waals surface area contributed by atoms with E-state index in [1.165, 1.54) is 18.9 Å². The van der Waals surface area contributed by atoms with Gasteiger partial charge in [-0.2, -0.15) is 0 Å². The second-order valence-electron chi connectivity index (χ2n) is 4.46. The van der Waals surface area contributed by atoms with Crippen molar-refractivity contribution in [2.75, 3.05) is 13.7 Å². The fourth-order valence-corrected chi connectivity index (χ4v) is 1.82. The SMILES string of the molecule is COc1ccc(F)cc1C(C)NCC1CC1. The van der Waals surface area contributed by atoms with E-state index in [0.717, 1.165) is 23.8 Å². The highest BCUT2D eigenvalue weighted by Gasteiger charge is 2.22. The zero-order chi connectivity index (χ0) is 11.5. The molecule has 1 fully saturated rings. The van der Waals surface area contributed by atoms with Gasteiger partial charge in [-0.15, -0.1) is 0 Å². The zero-order valence-electron chi connectivity index (χ0n) is 9.79. The molecule has 1 unspecified atom stereocenters. The van der Waals surface area contributed by atoms with E-state index in [0.29, 0.717) is 0 Å². The second kappa shape index (κ2) is 4.83. The Labute approximate surface area is 95.8 Å². The Hall–Kier alpha value is -1.09. The fourth-order valence-electron chi connectivity index (χ4n) is 1.82. The Morgan fingerprint density at radius 2 is 2.25 bits per heavy atom. The summed E-state index contributed by atoms with van der Waals surface area (Å²) in [5.41, 5.74) is 0.892. The lowest BCUT2D eigenvalue weighted by Gasteiger charge is -2.17. The number of nitrogens with one attached hydrogen (secondary N) is 1. The van der Waals surface area contributed by atoms with Gasteiger partial charge in [-0.05, 0) is 50.4 Å². The molecule has 1 N–H and O–H groups in total. The quantitative estimate of drug-likeness (QED) is 0.828. The molecule has 0 bridgehead atoms. The van der Waals surface area contributed by atoms with E-state index in [1.807, 2.05) is 6.92 Å². The number of halogens is 1. The van der Waals surface area contributed by atoms with Crippen LogP contribution in [0.3, 0.4) is 0 Å². The number of benzene rings is 1. The van der Waals surface area contributed by atoms with Crippen LogP contribution in [0.15, 0.2) is 18.2 Å². The van der Waals surface area contributed by atoms with Crippen molar-refractivity contribution in [1.29, 1.82) is 0 Å². The highest BCUT2D eigenvalue weighted by Crippen LogP contribution is 2.30. The minimum absolute atomic E-state index is 0.131. The van der Waals surface area contributed by atoms with Gasteiger partial charge in [0.1, 0.15) is 11.6 Å². The minimum atomic E-state index is -0.212. The van der Waals surface area contributed by atoms with E-state index in [1.54, 1.807) is 19.2 Å². The molecule has 0 heterocycles. The van der Waals surface area contributed by atoms with Gasteiger partial charge < -0.3 is 10.1 Å². The van der Waals surface area contributed by atoms with Crippen LogP contribution in [-0.4, -0.2) is 13.7 Å². The Balaban J connectivity index is 2.06. The molecule has 1 saturated carbocycles. The van der Waals surface area contributed by atoms with Crippen molar-refractivity contribution in [3.8, 4) is 5.75 Å². The molecule has 1 atom stereocenters. The van der Waals surface area contributed by atoms with Gasteiger partial charge in [0.15, 0.2) is 0 Å². The molecule has 0 aromatic heterocycles. The van der Waals surface area contributed by atoms with Crippen LogP contribution in [-0.2, 0) is 0 Å². The highest BCUT2D eigenvalue weighted by molar-refractivity contribution is 5.36. The largest absolute Gasteiger partial charge is 0.496 e. The lowest BCUT2D eigenvalue weighted by atomic mass is 10.1. The number of methoxy groups -OCH3 is 1. The van der Waals surface area contributed by atoms with Gasteiger partial charge in [0.2, 0.25) is 0 Å². The molecule has 1 aromatic rings. The van der Waals surface area contributed by atoms with E-state index >= 15 is 0 Å². The predicted molar refractivity (Wildman–Crippen MR) is 62.1 cm³/mol. The molecule has 0 amide bonds. The Morgan fingerprint density at radius 3 is 2.88 bits per heavy atom. The minimum Gasteiger partial charge on any atom is -0.496 e. The van der Waals surface area contributed by atoms with E-state index in [9.17, 15) is 4.39 Å². The molecule has 0 radical (unpaired) electrons. The van der Waals surface area contributed by atoms with Crippen molar-refractivity contribution >= 4 is 0 Å². The number of rotatable bonds is 5. The molecule has 88 valence electrons. The molecule has 3 heteroatoms. The first-order valence-corrected chi connectivity index (χ1v) is 5.77. The van der Waals surface area contributed by atoms with Crippen LogP contribution in [0.25, 0.3) is 0 Å². The predicted octanol–water partition coefficient (Wildman–Crippen LogP) is 2.89. The van der Waals surface area contributed by atoms with Gasteiger partial charge in [-0.1, -0.05) is 0 Å². The first-order valence-electron chi connectivity index (χ1n) is 5.77. The summed E-state index contributed by atoms with van der Waals surface area (Å²) in [5.74, 6) is 1.36. The van der Waals surface area contributed by atoms with Gasteiger partial charge in [0, 0.05) is 11.6 Å². The van der Waals surface area contributed by atoms with Crippen LogP contribution in [0.5, 0.6) is 5.75 Å². The number of hydrogen-bond acceptors (Lipinski definition) is 2. The normalized spacial score (nSPS) is 17.2. The maximum atomic E-state index is 13.2. The fraction of sp³-hybridized carbons (Fsp3) is 0.538. The van der Waals surface area contributed by atoms with Crippen molar-refractivity contribution in [3.63, 3.8) is 0 Å². The van der Waals surface area contributed by atoms with Crippen molar-refractivity contribution in [3.05, 3.63) is 29.6 Å². The molecule has 1 aliphatic carbocycles. The maximum absolute atomic E-state index is 13.2. The standard InChI is InChI=1S/C13H18FNO/c1-9(15-8-10-3-4-10)12-7-11(14)5-6-13(12)16-2/h5-7,9-10,15H,3-4,8H2,1-2H3. The average Bonchev–Trinajstić information content (AvgIpc) is 3.09. The number of ether oxygens (including phenoxy) is 1. The van der Waals surface area contributed by atoms with Gasteiger partial charge in [0.05, 0.1) is 7.11 Å². The summed E-state index contributed by atoms with van der Waals surface area (Å²) in [6.07, 6.45) is 2.64. The molecular formula is C13H18FNO. The first-order chi connectivity index (χ1) is 7.70. The van der Waals surface area contributed by atoms with Crippen LogP contribution in [0.2, 0.25) is 0 Å². The third-order valence-corrected chi connectivity index (χ3v) is 3.07. The third-order valence-electron chi connectivity index (χ3n) is 3.07. The highest BCUT2D eigenvalue weighted by atomic mass is 19.1.